The summed E-state index contributed by atoms with van der Waals surface area (Å²) in [6.07, 6.45) is 0.0845. The van der Waals surface area contributed by atoms with Crippen LogP contribution < -0.4 is 4.72 Å². The van der Waals surface area contributed by atoms with Gasteiger partial charge in [0.1, 0.15) is 0 Å². The van der Waals surface area contributed by atoms with Crippen LogP contribution in [0.2, 0.25) is 5.02 Å². The molecule has 0 atom stereocenters. The molecule has 0 fully saturated rings. The first kappa shape index (κ1) is 20.4. The molecule has 0 heterocycles. The lowest BCUT2D eigenvalue weighted by Crippen LogP contribution is -2.32. The van der Waals surface area contributed by atoms with Crippen LogP contribution in [0, 0.1) is 13.8 Å². The molecule has 0 radical (unpaired) electrons. The van der Waals surface area contributed by atoms with Gasteiger partial charge >= 0.3 is 0 Å². The van der Waals surface area contributed by atoms with Gasteiger partial charge in [0.05, 0.1) is 4.90 Å². The fourth-order valence-electron chi connectivity index (χ4n) is 2.56. The number of sulfonamides is 1. The molecule has 2 rings (SSSR count). The van der Waals surface area contributed by atoms with Crippen molar-refractivity contribution >= 4 is 27.5 Å². The number of hydrogen-bond donors (Lipinski definition) is 1. The van der Waals surface area contributed by atoms with E-state index < -0.39 is 10.0 Å². The molecule has 0 saturated carbocycles. The van der Waals surface area contributed by atoms with Crippen molar-refractivity contribution in [2.24, 2.45) is 0 Å². The van der Waals surface area contributed by atoms with Crippen LogP contribution in [0.3, 0.4) is 0 Å². The third-order valence-corrected chi connectivity index (χ3v) is 5.84. The Morgan fingerprint density at radius 1 is 1.15 bits per heavy atom. The Morgan fingerprint density at radius 2 is 1.88 bits per heavy atom. The Kier molecular flexibility index (Phi) is 6.81. The van der Waals surface area contributed by atoms with Crippen LogP contribution in [-0.2, 0) is 21.4 Å². The van der Waals surface area contributed by atoms with E-state index in [1.54, 1.807) is 43.1 Å². The normalized spacial score (nSPS) is 11.4. The number of carbonyl (C=O) groups excluding carboxylic acids is 1. The van der Waals surface area contributed by atoms with E-state index >= 15 is 0 Å². The summed E-state index contributed by atoms with van der Waals surface area (Å²) >= 11 is 5.94. The minimum Gasteiger partial charge on any atom is -0.341 e. The molecular weight excluding hydrogens is 372 g/mol. The second kappa shape index (κ2) is 8.66. The lowest BCUT2D eigenvalue weighted by atomic mass is 10.2. The molecule has 0 aliphatic carbocycles. The summed E-state index contributed by atoms with van der Waals surface area (Å²) in [5.41, 5.74) is 2.46. The molecule has 0 aliphatic rings. The van der Waals surface area contributed by atoms with E-state index in [1.807, 2.05) is 25.1 Å². The number of benzene rings is 2. The third-order valence-electron chi connectivity index (χ3n) is 4.00. The number of halogens is 1. The van der Waals surface area contributed by atoms with Crippen LogP contribution in [0.1, 0.15) is 23.1 Å². The second-order valence-electron chi connectivity index (χ2n) is 6.30. The Labute approximate surface area is 160 Å². The average molecular weight is 395 g/mol. The maximum absolute atomic E-state index is 12.4. The first-order valence-electron chi connectivity index (χ1n) is 8.24. The number of nitrogens with zero attached hydrogens (tertiary/aromatic N) is 1. The predicted molar refractivity (Wildman–Crippen MR) is 104 cm³/mol. The van der Waals surface area contributed by atoms with Crippen molar-refractivity contribution in [3.8, 4) is 0 Å². The summed E-state index contributed by atoms with van der Waals surface area (Å²) in [5, 5.41) is 0.615. The molecule has 0 aromatic heterocycles. The SMILES string of the molecule is Cc1ccc(C)c(S(=O)(=O)NCCC(=O)N(C)Cc2cccc(Cl)c2)c1. The minimum absolute atomic E-state index is 0.0500. The average Bonchev–Trinajstić information content (AvgIpc) is 2.56. The molecular formula is C19H23ClN2O3S. The Bertz CT molecular complexity index is 897. The van der Waals surface area contributed by atoms with Gasteiger partial charge in [-0.1, -0.05) is 35.9 Å². The molecule has 2 aromatic carbocycles. The van der Waals surface area contributed by atoms with Crippen molar-refractivity contribution < 1.29 is 13.2 Å². The van der Waals surface area contributed by atoms with Gasteiger partial charge in [0.25, 0.3) is 0 Å². The molecule has 7 heteroatoms. The fraction of sp³-hybridized carbons (Fsp3) is 0.316. The van der Waals surface area contributed by atoms with Crippen LogP contribution in [0.4, 0.5) is 0 Å². The van der Waals surface area contributed by atoms with Crippen LogP contribution in [0.5, 0.6) is 0 Å². The molecule has 0 spiro atoms. The van der Waals surface area contributed by atoms with E-state index in [0.717, 1.165) is 11.1 Å². The van der Waals surface area contributed by atoms with Gasteiger partial charge in [-0.2, -0.15) is 0 Å². The molecule has 1 N–H and O–H groups in total. The highest BCUT2D eigenvalue weighted by Gasteiger charge is 2.18. The van der Waals surface area contributed by atoms with Crippen molar-refractivity contribution in [2.75, 3.05) is 13.6 Å². The van der Waals surface area contributed by atoms with Crippen LogP contribution in [-0.4, -0.2) is 32.8 Å². The largest absolute Gasteiger partial charge is 0.341 e. The van der Waals surface area contributed by atoms with Crippen molar-refractivity contribution in [1.82, 2.24) is 9.62 Å². The summed E-state index contributed by atoms with van der Waals surface area (Å²) in [7, 11) is -1.95. The van der Waals surface area contributed by atoms with Crippen molar-refractivity contribution in [3.63, 3.8) is 0 Å². The van der Waals surface area contributed by atoms with Crippen LogP contribution in [0.25, 0.3) is 0 Å². The predicted octanol–water partition coefficient (Wildman–Crippen LogP) is 3.28. The standard InChI is InChI=1S/C19H23ClN2O3S/c1-14-7-8-15(2)18(11-14)26(24,25)21-10-9-19(23)22(3)13-16-5-4-6-17(20)12-16/h4-8,11-12,21H,9-10,13H2,1-3H3. The van der Waals surface area contributed by atoms with Gasteiger partial charge in [0.15, 0.2) is 0 Å². The lowest BCUT2D eigenvalue weighted by molar-refractivity contribution is -0.130. The van der Waals surface area contributed by atoms with Gasteiger partial charge in [0, 0.05) is 31.6 Å². The van der Waals surface area contributed by atoms with Gasteiger partial charge < -0.3 is 4.90 Å². The maximum atomic E-state index is 12.4. The molecule has 0 aliphatic heterocycles. The molecule has 0 bridgehead atoms. The van der Waals surface area contributed by atoms with E-state index in [9.17, 15) is 13.2 Å². The monoisotopic (exact) mass is 394 g/mol. The Hall–Kier alpha value is -1.89. The van der Waals surface area contributed by atoms with E-state index in [4.69, 9.17) is 11.6 Å². The highest BCUT2D eigenvalue weighted by molar-refractivity contribution is 7.89. The molecule has 5 nitrogen and oxygen atoms in total. The highest BCUT2D eigenvalue weighted by atomic mass is 35.5. The lowest BCUT2D eigenvalue weighted by Gasteiger charge is -2.18. The summed E-state index contributed by atoms with van der Waals surface area (Å²) in [5.74, 6) is -0.145. The number of rotatable bonds is 7. The number of amides is 1. The van der Waals surface area contributed by atoms with E-state index in [-0.39, 0.29) is 23.8 Å². The van der Waals surface area contributed by atoms with Crippen LogP contribution >= 0.6 is 11.6 Å². The summed E-state index contributed by atoms with van der Waals surface area (Å²) in [6, 6.07) is 12.6. The van der Waals surface area contributed by atoms with Crippen molar-refractivity contribution in [3.05, 3.63) is 64.2 Å². The number of aryl methyl sites for hydroxylation is 2. The van der Waals surface area contributed by atoms with Crippen molar-refractivity contribution in [2.45, 2.75) is 31.7 Å². The fourth-order valence-corrected chi connectivity index (χ4v) is 4.13. The quantitative estimate of drug-likeness (QED) is 0.783. The van der Waals surface area contributed by atoms with Gasteiger partial charge in [-0.25, -0.2) is 13.1 Å². The first-order valence-corrected chi connectivity index (χ1v) is 10.1. The minimum atomic E-state index is -3.64. The molecule has 26 heavy (non-hydrogen) atoms. The topological polar surface area (TPSA) is 66.5 Å². The summed E-state index contributed by atoms with van der Waals surface area (Å²) < 4.78 is 27.4. The molecule has 0 unspecified atom stereocenters. The molecule has 0 saturated heterocycles. The van der Waals surface area contributed by atoms with E-state index in [0.29, 0.717) is 17.1 Å². The number of nitrogens with one attached hydrogen (secondary N) is 1. The van der Waals surface area contributed by atoms with E-state index in [1.165, 1.54) is 0 Å². The third kappa shape index (κ3) is 5.56. The summed E-state index contributed by atoms with van der Waals surface area (Å²) in [6.45, 7) is 4.06. The number of hydrogen-bond acceptors (Lipinski definition) is 3. The maximum Gasteiger partial charge on any atom is 0.240 e. The smallest absolute Gasteiger partial charge is 0.240 e. The van der Waals surface area contributed by atoms with Gasteiger partial charge in [-0.3, -0.25) is 4.79 Å². The molecule has 1 amide bonds. The van der Waals surface area contributed by atoms with Gasteiger partial charge in [-0.15, -0.1) is 0 Å². The van der Waals surface area contributed by atoms with Gasteiger partial charge in [0.2, 0.25) is 15.9 Å². The zero-order valence-electron chi connectivity index (χ0n) is 15.1. The molecule has 2 aromatic rings. The Morgan fingerprint density at radius 3 is 2.58 bits per heavy atom. The zero-order valence-corrected chi connectivity index (χ0v) is 16.7. The first-order chi connectivity index (χ1) is 12.2. The Balaban J connectivity index is 1.91. The highest BCUT2D eigenvalue weighted by Crippen LogP contribution is 2.16. The zero-order chi connectivity index (χ0) is 19.3. The molecule has 140 valence electrons. The summed E-state index contributed by atoms with van der Waals surface area (Å²) in [4.78, 5) is 14.0. The second-order valence-corrected chi connectivity index (χ2v) is 8.47. The number of carbonyl (C=O) groups is 1. The van der Waals surface area contributed by atoms with Crippen LogP contribution in [0.15, 0.2) is 47.4 Å². The van der Waals surface area contributed by atoms with E-state index in [2.05, 4.69) is 4.72 Å². The van der Waals surface area contributed by atoms with Gasteiger partial charge in [-0.05, 0) is 48.7 Å². The van der Waals surface area contributed by atoms with Crippen molar-refractivity contribution in [1.29, 1.82) is 0 Å².